The van der Waals surface area contributed by atoms with Gasteiger partial charge in [-0.2, -0.15) is 0 Å². The van der Waals surface area contributed by atoms with Crippen LogP contribution in [0.4, 0.5) is 0 Å². The molecule has 2 rings (SSSR count). The van der Waals surface area contributed by atoms with Crippen LogP contribution in [0.15, 0.2) is 35.0 Å². The standard InChI is InChI=1S/C20H29BrO/c1-6-22-15(5)20-17(10-14(4)9-13(2)3)11-16-7-8-18(21)12-19(16)20/h7-8,12-14,17,20H,5-6,9-11H2,1-4H3/t14?,17-,20-/m0/s1. The minimum atomic E-state index is 0.349. The normalized spacial score (nSPS) is 21.7. The molecule has 0 spiro atoms. The third kappa shape index (κ3) is 4.16. The second-order valence-electron chi connectivity index (χ2n) is 7.15. The van der Waals surface area contributed by atoms with Crippen molar-refractivity contribution in [1.29, 1.82) is 0 Å². The lowest BCUT2D eigenvalue weighted by molar-refractivity contribution is 0.188. The zero-order valence-corrected chi connectivity index (χ0v) is 15.9. The molecule has 0 radical (unpaired) electrons. The smallest absolute Gasteiger partial charge is 0.0965 e. The van der Waals surface area contributed by atoms with Gasteiger partial charge in [0.05, 0.1) is 12.4 Å². The van der Waals surface area contributed by atoms with Crippen molar-refractivity contribution >= 4 is 15.9 Å². The maximum atomic E-state index is 5.81. The van der Waals surface area contributed by atoms with Crippen LogP contribution in [0, 0.1) is 17.8 Å². The van der Waals surface area contributed by atoms with Crippen LogP contribution in [0.2, 0.25) is 0 Å². The molecule has 1 aliphatic carbocycles. The number of allylic oxidation sites excluding steroid dienone is 1. The molecule has 122 valence electrons. The third-order valence-corrected chi connectivity index (χ3v) is 5.15. The molecule has 0 amide bonds. The largest absolute Gasteiger partial charge is 0.498 e. The number of halogens is 1. The van der Waals surface area contributed by atoms with E-state index >= 15 is 0 Å². The zero-order chi connectivity index (χ0) is 16.3. The Bertz CT molecular complexity index is 520. The summed E-state index contributed by atoms with van der Waals surface area (Å²) in [4.78, 5) is 0. The van der Waals surface area contributed by atoms with Gasteiger partial charge < -0.3 is 4.74 Å². The Labute approximate surface area is 144 Å². The molecule has 0 aromatic heterocycles. The summed E-state index contributed by atoms with van der Waals surface area (Å²) in [6.45, 7) is 14.0. The van der Waals surface area contributed by atoms with E-state index in [-0.39, 0.29) is 0 Å². The van der Waals surface area contributed by atoms with E-state index < -0.39 is 0 Å². The fraction of sp³-hybridized carbons (Fsp3) is 0.600. The first-order chi connectivity index (χ1) is 10.4. The Morgan fingerprint density at radius 1 is 1.36 bits per heavy atom. The van der Waals surface area contributed by atoms with Gasteiger partial charge in [0.1, 0.15) is 0 Å². The van der Waals surface area contributed by atoms with Gasteiger partial charge in [0.15, 0.2) is 0 Å². The lowest BCUT2D eigenvalue weighted by Gasteiger charge is -2.26. The highest BCUT2D eigenvalue weighted by atomic mass is 79.9. The predicted molar refractivity (Wildman–Crippen MR) is 98.1 cm³/mol. The Morgan fingerprint density at radius 3 is 2.73 bits per heavy atom. The SMILES string of the molecule is C=C(OCC)[C@@H]1c2cc(Br)ccc2C[C@@H]1CC(C)CC(C)C. The van der Waals surface area contributed by atoms with Gasteiger partial charge in [-0.3, -0.25) is 0 Å². The van der Waals surface area contributed by atoms with Crippen LogP contribution >= 0.6 is 15.9 Å². The second kappa shape index (κ2) is 7.68. The second-order valence-corrected chi connectivity index (χ2v) is 8.07. The van der Waals surface area contributed by atoms with Crippen molar-refractivity contribution in [2.75, 3.05) is 6.61 Å². The van der Waals surface area contributed by atoms with Crippen molar-refractivity contribution in [3.63, 3.8) is 0 Å². The highest BCUT2D eigenvalue weighted by Crippen LogP contribution is 2.46. The van der Waals surface area contributed by atoms with Gasteiger partial charge in [0, 0.05) is 10.4 Å². The average molecular weight is 365 g/mol. The zero-order valence-electron chi connectivity index (χ0n) is 14.4. The molecule has 0 aliphatic heterocycles. The number of ether oxygens (including phenoxy) is 1. The average Bonchev–Trinajstić information content (AvgIpc) is 2.74. The van der Waals surface area contributed by atoms with E-state index in [2.05, 4.69) is 61.5 Å². The molecule has 1 nitrogen and oxygen atoms in total. The topological polar surface area (TPSA) is 9.23 Å². The van der Waals surface area contributed by atoms with E-state index in [0.29, 0.717) is 18.4 Å². The summed E-state index contributed by atoms with van der Waals surface area (Å²) >= 11 is 3.61. The van der Waals surface area contributed by atoms with Crippen molar-refractivity contribution in [3.8, 4) is 0 Å². The van der Waals surface area contributed by atoms with Crippen LogP contribution in [0.5, 0.6) is 0 Å². The summed E-state index contributed by atoms with van der Waals surface area (Å²) in [7, 11) is 0. The maximum Gasteiger partial charge on any atom is 0.0965 e. The molecular formula is C20H29BrO. The highest BCUT2D eigenvalue weighted by molar-refractivity contribution is 9.10. The lowest BCUT2D eigenvalue weighted by atomic mass is 9.82. The van der Waals surface area contributed by atoms with Gasteiger partial charge in [0.2, 0.25) is 0 Å². The van der Waals surface area contributed by atoms with Crippen molar-refractivity contribution in [3.05, 3.63) is 46.1 Å². The first-order valence-corrected chi connectivity index (χ1v) is 9.31. The Balaban J connectivity index is 2.21. The van der Waals surface area contributed by atoms with E-state index in [9.17, 15) is 0 Å². The van der Waals surface area contributed by atoms with Crippen molar-refractivity contribution < 1.29 is 4.74 Å². The summed E-state index contributed by atoms with van der Waals surface area (Å²) in [6.07, 6.45) is 3.70. The molecular weight excluding hydrogens is 336 g/mol. The lowest BCUT2D eigenvalue weighted by Crippen LogP contribution is -2.16. The summed E-state index contributed by atoms with van der Waals surface area (Å²) in [5.41, 5.74) is 2.88. The number of hydrogen-bond acceptors (Lipinski definition) is 1. The Kier molecular flexibility index (Phi) is 6.14. The molecule has 1 aromatic carbocycles. The van der Waals surface area contributed by atoms with E-state index in [1.54, 1.807) is 0 Å². The van der Waals surface area contributed by atoms with Crippen LogP contribution in [0.25, 0.3) is 0 Å². The maximum absolute atomic E-state index is 5.81. The van der Waals surface area contributed by atoms with Crippen LogP contribution < -0.4 is 0 Å². The summed E-state index contributed by atoms with van der Waals surface area (Å²) in [6, 6.07) is 6.68. The van der Waals surface area contributed by atoms with Crippen molar-refractivity contribution in [2.24, 2.45) is 17.8 Å². The molecule has 3 atom stereocenters. The number of benzene rings is 1. The van der Waals surface area contributed by atoms with Gasteiger partial charge in [-0.1, -0.05) is 49.3 Å². The molecule has 1 unspecified atom stereocenters. The minimum Gasteiger partial charge on any atom is -0.498 e. The molecule has 0 heterocycles. The minimum absolute atomic E-state index is 0.349. The molecule has 1 aliphatic rings. The number of fused-ring (bicyclic) bond motifs is 1. The highest BCUT2D eigenvalue weighted by Gasteiger charge is 2.36. The molecule has 22 heavy (non-hydrogen) atoms. The Morgan fingerprint density at radius 2 is 2.09 bits per heavy atom. The Hall–Kier alpha value is -0.760. The summed E-state index contributed by atoms with van der Waals surface area (Å²) in [5.74, 6) is 3.43. The van der Waals surface area contributed by atoms with E-state index in [1.807, 2.05) is 6.92 Å². The monoisotopic (exact) mass is 364 g/mol. The van der Waals surface area contributed by atoms with Gasteiger partial charge in [0.25, 0.3) is 0 Å². The fourth-order valence-corrected chi connectivity index (χ4v) is 4.42. The van der Waals surface area contributed by atoms with Crippen LogP contribution in [0.1, 0.15) is 57.6 Å². The van der Waals surface area contributed by atoms with Gasteiger partial charge in [-0.25, -0.2) is 0 Å². The van der Waals surface area contributed by atoms with Gasteiger partial charge in [-0.05, 0) is 67.2 Å². The predicted octanol–water partition coefficient (Wildman–Crippen LogP) is 6.33. The number of rotatable bonds is 7. The van der Waals surface area contributed by atoms with E-state index in [4.69, 9.17) is 4.74 Å². The molecule has 0 saturated carbocycles. The summed E-state index contributed by atoms with van der Waals surface area (Å²) in [5, 5.41) is 0. The molecule has 1 aromatic rings. The third-order valence-electron chi connectivity index (χ3n) is 4.65. The molecule has 0 fully saturated rings. The van der Waals surface area contributed by atoms with Gasteiger partial charge >= 0.3 is 0 Å². The first-order valence-electron chi connectivity index (χ1n) is 8.52. The molecule has 0 N–H and O–H groups in total. The van der Waals surface area contributed by atoms with Crippen LogP contribution in [0.3, 0.4) is 0 Å². The fourth-order valence-electron chi connectivity index (χ4n) is 4.04. The molecule has 0 saturated heterocycles. The molecule has 0 bridgehead atoms. The number of hydrogen-bond donors (Lipinski definition) is 0. The quantitative estimate of drug-likeness (QED) is 0.513. The molecule has 2 heteroatoms. The van der Waals surface area contributed by atoms with Crippen molar-refractivity contribution in [2.45, 2.75) is 52.9 Å². The van der Waals surface area contributed by atoms with Gasteiger partial charge in [-0.15, -0.1) is 0 Å². The van der Waals surface area contributed by atoms with Crippen LogP contribution in [-0.4, -0.2) is 6.61 Å². The van der Waals surface area contributed by atoms with E-state index in [1.165, 1.54) is 24.0 Å². The first kappa shape index (κ1) is 17.6. The summed E-state index contributed by atoms with van der Waals surface area (Å²) < 4.78 is 6.96. The van der Waals surface area contributed by atoms with E-state index in [0.717, 1.165) is 28.5 Å². The van der Waals surface area contributed by atoms with Crippen molar-refractivity contribution in [1.82, 2.24) is 0 Å². The van der Waals surface area contributed by atoms with Crippen LogP contribution in [-0.2, 0) is 11.2 Å².